The molecule has 0 bridgehead atoms. The van der Waals surface area contributed by atoms with Gasteiger partial charge in [0.2, 0.25) is 0 Å². The maximum atomic E-state index is 13.0. The van der Waals surface area contributed by atoms with Gasteiger partial charge in [-0.1, -0.05) is 19.1 Å². The maximum absolute atomic E-state index is 13.0. The summed E-state index contributed by atoms with van der Waals surface area (Å²) in [4.78, 5) is 2.19. The van der Waals surface area contributed by atoms with Gasteiger partial charge in [0, 0.05) is 12.0 Å². The van der Waals surface area contributed by atoms with Crippen LogP contribution in [0.4, 0.5) is 4.39 Å². The Morgan fingerprint density at radius 1 is 1.25 bits per heavy atom. The monoisotopic (exact) mass is 279 g/mol. The smallest absolute Gasteiger partial charge is 0.123 e. The van der Waals surface area contributed by atoms with Gasteiger partial charge in [-0.05, 0) is 63.4 Å². The van der Waals surface area contributed by atoms with E-state index in [-0.39, 0.29) is 11.4 Å². The van der Waals surface area contributed by atoms with E-state index in [1.54, 1.807) is 12.1 Å². The van der Waals surface area contributed by atoms with Crippen LogP contribution in [0.1, 0.15) is 38.2 Å². The number of hydrogen-bond donors (Lipinski definition) is 1. The molecular formula is C17H26FNO. The molecule has 3 heteroatoms. The summed E-state index contributed by atoms with van der Waals surface area (Å²) in [6.07, 6.45) is 4.58. The molecule has 2 rings (SSSR count). The van der Waals surface area contributed by atoms with Crippen LogP contribution in [0.15, 0.2) is 24.3 Å². The summed E-state index contributed by atoms with van der Waals surface area (Å²) in [6.45, 7) is 2.28. The minimum Gasteiger partial charge on any atom is -0.391 e. The first-order chi connectivity index (χ1) is 9.44. The van der Waals surface area contributed by atoms with Crippen LogP contribution < -0.4 is 0 Å². The Hall–Kier alpha value is -0.930. The molecule has 20 heavy (non-hydrogen) atoms. The van der Waals surface area contributed by atoms with Gasteiger partial charge in [0.25, 0.3) is 0 Å². The summed E-state index contributed by atoms with van der Waals surface area (Å²) < 4.78 is 13.0. The molecule has 1 aromatic carbocycles. The number of halogens is 1. The number of likely N-dealkylation sites (N-methyl/N-ethyl adjacent to an activating group) is 1. The van der Waals surface area contributed by atoms with Gasteiger partial charge in [-0.2, -0.15) is 0 Å². The van der Waals surface area contributed by atoms with Gasteiger partial charge in [-0.25, -0.2) is 4.39 Å². The summed E-state index contributed by atoms with van der Waals surface area (Å²) in [5.41, 5.74) is 0.861. The lowest BCUT2D eigenvalue weighted by atomic mass is 9.72. The van der Waals surface area contributed by atoms with Gasteiger partial charge in [-0.15, -0.1) is 0 Å². The van der Waals surface area contributed by atoms with E-state index in [1.807, 2.05) is 0 Å². The fraction of sp³-hybridized carbons (Fsp3) is 0.647. The summed E-state index contributed by atoms with van der Waals surface area (Å²) in [5.74, 6) is 0.526. The molecule has 1 aromatic rings. The lowest BCUT2D eigenvalue weighted by Gasteiger charge is -2.47. The number of aliphatic hydroxyl groups is 1. The third-order valence-corrected chi connectivity index (χ3v) is 4.99. The van der Waals surface area contributed by atoms with E-state index in [9.17, 15) is 9.50 Å². The van der Waals surface area contributed by atoms with Crippen molar-refractivity contribution in [2.45, 2.75) is 50.7 Å². The molecule has 0 aromatic heterocycles. The molecule has 1 saturated carbocycles. The van der Waals surface area contributed by atoms with Crippen LogP contribution in [0.3, 0.4) is 0 Å². The van der Waals surface area contributed by atoms with Gasteiger partial charge in [0.1, 0.15) is 5.82 Å². The van der Waals surface area contributed by atoms with Crippen LogP contribution in [0.2, 0.25) is 0 Å². The first-order valence-electron chi connectivity index (χ1n) is 7.54. The second-order valence-corrected chi connectivity index (χ2v) is 6.53. The number of aliphatic hydroxyl groups excluding tert-OH is 1. The molecule has 2 nitrogen and oxygen atoms in total. The number of hydrogen-bond acceptors (Lipinski definition) is 2. The van der Waals surface area contributed by atoms with Gasteiger partial charge in [0.15, 0.2) is 0 Å². The van der Waals surface area contributed by atoms with E-state index in [1.165, 1.54) is 25.0 Å². The number of nitrogens with zero attached hydrogens (tertiary/aromatic N) is 1. The minimum atomic E-state index is -0.407. The van der Waals surface area contributed by atoms with Crippen molar-refractivity contribution in [3.8, 4) is 0 Å². The Balaban J connectivity index is 2.11. The molecule has 1 N–H and O–H groups in total. The molecular weight excluding hydrogens is 253 g/mol. The zero-order valence-corrected chi connectivity index (χ0v) is 12.8. The van der Waals surface area contributed by atoms with Crippen LogP contribution in [-0.4, -0.2) is 35.7 Å². The van der Waals surface area contributed by atoms with Crippen molar-refractivity contribution in [3.05, 3.63) is 35.6 Å². The highest BCUT2D eigenvalue weighted by Crippen LogP contribution is 2.38. The largest absolute Gasteiger partial charge is 0.391 e. The van der Waals surface area contributed by atoms with E-state index in [0.29, 0.717) is 6.42 Å². The topological polar surface area (TPSA) is 23.5 Å². The van der Waals surface area contributed by atoms with E-state index in [4.69, 9.17) is 0 Å². The summed E-state index contributed by atoms with van der Waals surface area (Å²) in [6, 6.07) is 6.47. The molecule has 1 aliphatic carbocycles. The van der Waals surface area contributed by atoms with E-state index >= 15 is 0 Å². The van der Waals surface area contributed by atoms with E-state index in [2.05, 4.69) is 25.9 Å². The highest BCUT2D eigenvalue weighted by Gasteiger charge is 2.42. The third-order valence-electron chi connectivity index (χ3n) is 4.99. The Bertz CT molecular complexity index is 421. The first-order valence-corrected chi connectivity index (χ1v) is 7.54. The molecule has 0 aliphatic heterocycles. The molecule has 112 valence electrons. The van der Waals surface area contributed by atoms with E-state index < -0.39 is 6.10 Å². The Labute approximate surface area is 121 Å². The quantitative estimate of drug-likeness (QED) is 0.914. The minimum absolute atomic E-state index is 0.138. The zero-order valence-electron chi connectivity index (χ0n) is 12.8. The molecule has 1 unspecified atom stereocenters. The molecule has 0 spiro atoms. The van der Waals surface area contributed by atoms with Gasteiger partial charge >= 0.3 is 0 Å². The van der Waals surface area contributed by atoms with Gasteiger partial charge < -0.3 is 10.0 Å². The normalized spacial score (nSPS) is 28.6. The highest BCUT2D eigenvalue weighted by atomic mass is 19.1. The molecule has 0 radical (unpaired) electrons. The summed E-state index contributed by atoms with van der Waals surface area (Å²) in [7, 11) is 4.12. The third kappa shape index (κ3) is 3.21. The van der Waals surface area contributed by atoms with Crippen LogP contribution in [-0.2, 0) is 6.42 Å². The van der Waals surface area contributed by atoms with Crippen molar-refractivity contribution in [2.24, 2.45) is 5.92 Å². The fourth-order valence-corrected chi connectivity index (χ4v) is 3.37. The average molecular weight is 279 g/mol. The molecule has 0 heterocycles. The molecule has 1 fully saturated rings. The van der Waals surface area contributed by atoms with Crippen molar-refractivity contribution < 1.29 is 9.50 Å². The SMILES string of the molecule is CC1CCC(C(O)Cc2ccc(F)cc2)(N(C)C)CC1. The Morgan fingerprint density at radius 3 is 2.30 bits per heavy atom. The predicted octanol–water partition coefficient (Wildman–Crippen LogP) is 3.24. The lowest BCUT2D eigenvalue weighted by molar-refractivity contribution is -0.0382. The molecule has 1 atom stereocenters. The highest BCUT2D eigenvalue weighted by molar-refractivity contribution is 5.18. The molecule has 1 aliphatic rings. The Kier molecular flexibility index (Phi) is 4.82. The van der Waals surface area contributed by atoms with Crippen molar-refractivity contribution in [3.63, 3.8) is 0 Å². The Morgan fingerprint density at radius 2 is 1.80 bits per heavy atom. The van der Waals surface area contributed by atoms with Crippen molar-refractivity contribution in [2.75, 3.05) is 14.1 Å². The molecule has 0 saturated heterocycles. The fourth-order valence-electron chi connectivity index (χ4n) is 3.37. The average Bonchev–Trinajstić information content (AvgIpc) is 2.42. The lowest BCUT2D eigenvalue weighted by Crippen LogP contribution is -2.56. The summed E-state index contributed by atoms with van der Waals surface area (Å²) >= 11 is 0. The van der Waals surface area contributed by atoms with E-state index in [0.717, 1.165) is 24.3 Å². The van der Waals surface area contributed by atoms with Crippen LogP contribution in [0.5, 0.6) is 0 Å². The van der Waals surface area contributed by atoms with Gasteiger partial charge in [-0.3, -0.25) is 0 Å². The van der Waals surface area contributed by atoms with Crippen molar-refractivity contribution in [1.82, 2.24) is 4.90 Å². The van der Waals surface area contributed by atoms with Crippen LogP contribution in [0.25, 0.3) is 0 Å². The van der Waals surface area contributed by atoms with Crippen molar-refractivity contribution >= 4 is 0 Å². The van der Waals surface area contributed by atoms with Crippen LogP contribution >= 0.6 is 0 Å². The second kappa shape index (κ2) is 6.23. The predicted molar refractivity (Wildman–Crippen MR) is 80.2 cm³/mol. The molecule has 0 amide bonds. The number of benzene rings is 1. The maximum Gasteiger partial charge on any atom is 0.123 e. The first kappa shape index (κ1) is 15.5. The number of rotatable bonds is 4. The van der Waals surface area contributed by atoms with Crippen LogP contribution in [0, 0.1) is 11.7 Å². The summed E-state index contributed by atoms with van der Waals surface area (Å²) in [5, 5.41) is 10.8. The van der Waals surface area contributed by atoms with Crippen molar-refractivity contribution in [1.29, 1.82) is 0 Å². The zero-order chi connectivity index (χ0) is 14.8. The standard InChI is InChI=1S/C17H26FNO/c1-13-8-10-17(11-9-13,19(2)3)16(20)12-14-4-6-15(18)7-5-14/h4-7,13,16,20H,8-12H2,1-3H3. The van der Waals surface area contributed by atoms with Gasteiger partial charge in [0.05, 0.1) is 6.10 Å². The second-order valence-electron chi connectivity index (χ2n) is 6.53.